The highest BCUT2D eigenvalue weighted by Crippen LogP contribution is 2.24. The average Bonchev–Trinajstić information content (AvgIpc) is 2.69. The normalized spacial score (nSPS) is 11.1. The number of carbonyl (C=O) groups excluding carboxylic acids is 1. The molecular weight excluding hydrogens is 379 g/mol. The molecule has 0 spiro atoms. The first-order valence-corrected chi connectivity index (χ1v) is 7.22. The van der Waals surface area contributed by atoms with Gasteiger partial charge in [-0.05, 0) is 48.0 Å². The second-order valence-electron chi connectivity index (χ2n) is 4.37. The molecule has 0 unspecified atom stereocenters. The van der Waals surface area contributed by atoms with Crippen molar-refractivity contribution >= 4 is 37.6 Å². The van der Waals surface area contributed by atoms with E-state index in [1.807, 2.05) is 13.8 Å². The first kappa shape index (κ1) is 14.4. The molecule has 0 saturated heterocycles. The molecule has 0 saturated carbocycles. The summed E-state index contributed by atoms with van der Waals surface area (Å²) in [5.41, 5.74) is 0.711. The van der Waals surface area contributed by atoms with Crippen LogP contribution in [0.4, 0.5) is 4.39 Å². The van der Waals surface area contributed by atoms with Crippen LogP contribution in [0.3, 0.4) is 0 Å². The third-order valence-corrected chi connectivity index (χ3v) is 3.62. The molecule has 0 aliphatic heterocycles. The first-order chi connectivity index (χ1) is 8.90. The minimum Gasteiger partial charge on any atom is -0.287 e. The molecule has 1 heterocycles. The lowest BCUT2D eigenvalue weighted by Gasteiger charge is -2.11. The van der Waals surface area contributed by atoms with Gasteiger partial charge in [0.05, 0.1) is 10.7 Å². The number of carbonyl (C=O) groups is 1. The second kappa shape index (κ2) is 5.54. The zero-order valence-electron chi connectivity index (χ0n) is 10.3. The molecule has 6 heteroatoms. The zero-order chi connectivity index (χ0) is 14.2. The molecule has 0 N–H and O–H groups in total. The van der Waals surface area contributed by atoms with Gasteiger partial charge in [0.1, 0.15) is 11.5 Å². The number of nitrogens with zero attached hydrogens (tertiary/aromatic N) is 2. The maximum Gasteiger partial charge on any atom is 0.212 e. The summed E-state index contributed by atoms with van der Waals surface area (Å²) in [5, 5.41) is 4.15. The number of hydrogen-bond acceptors (Lipinski definition) is 2. The predicted molar refractivity (Wildman–Crippen MR) is 77.8 cm³/mol. The van der Waals surface area contributed by atoms with Crippen LogP contribution in [0.2, 0.25) is 0 Å². The standard InChI is InChI=1S/C13H11Br2FN2O/c1-7(2)18-12(11(15)6-17-18)13(19)8-3-9(14)5-10(16)4-8/h3-7H,1-2H3. The van der Waals surface area contributed by atoms with E-state index in [0.717, 1.165) is 0 Å². The summed E-state index contributed by atoms with van der Waals surface area (Å²) in [7, 11) is 0. The van der Waals surface area contributed by atoms with Gasteiger partial charge in [0.25, 0.3) is 0 Å². The van der Waals surface area contributed by atoms with Gasteiger partial charge in [0.15, 0.2) is 0 Å². The molecule has 0 atom stereocenters. The van der Waals surface area contributed by atoms with E-state index in [0.29, 0.717) is 14.6 Å². The van der Waals surface area contributed by atoms with Crippen molar-refractivity contribution < 1.29 is 9.18 Å². The minimum absolute atomic E-state index is 0.0437. The molecule has 2 aromatic rings. The number of halogens is 3. The second-order valence-corrected chi connectivity index (χ2v) is 6.14. The van der Waals surface area contributed by atoms with E-state index < -0.39 is 5.82 Å². The Kier molecular flexibility index (Phi) is 4.20. The summed E-state index contributed by atoms with van der Waals surface area (Å²) in [6.07, 6.45) is 1.57. The first-order valence-electron chi connectivity index (χ1n) is 5.64. The molecule has 0 aliphatic rings. The molecule has 19 heavy (non-hydrogen) atoms. The summed E-state index contributed by atoms with van der Waals surface area (Å²) < 4.78 is 16.1. The molecule has 3 nitrogen and oxygen atoms in total. The molecular formula is C13H11Br2FN2O. The van der Waals surface area contributed by atoms with Gasteiger partial charge < -0.3 is 0 Å². The fourth-order valence-corrected chi connectivity index (χ4v) is 2.69. The SMILES string of the molecule is CC(C)n1ncc(Br)c1C(=O)c1cc(F)cc(Br)c1. The fraction of sp³-hybridized carbons (Fsp3) is 0.231. The van der Waals surface area contributed by atoms with Crippen LogP contribution in [0.1, 0.15) is 35.9 Å². The van der Waals surface area contributed by atoms with E-state index in [1.54, 1.807) is 16.9 Å². The summed E-state index contributed by atoms with van der Waals surface area (Å²) >= 11 is 6.49. The van der Waals surface area contributed by atoms with Gasteiger partial charge in [-0.3, -0.25) is 9.48 Å². The molecule has 1 aromatic carbocycles. The van der Waals surface area contributed by atoms with Crippen LogP contribution in [0.25, 0.3) is 0 Å². The van der Waals surface area contributed by atoms with Crippen LogP contribution in [0.5, 0.6) is 0 Å². The van der Waals surface area contributed by atoms with Crippen LogP contribution < -0.4 is 0 Å². The molecule has 0 aliphatic carbocycles. The van der Waals surface area contributed by atoms with Gasteiger partial charge in [-0.15, -0.1) is 0 Å². The van der Waals surface area contributed by atoms with E-state index in [4.69, 9.17) is 0 Å². The fourth-order valence-electron chi connectivity index (χ4n) is 1.77. The Balaban J connectivity index is 2.53. The van der Waals surface area contributed by atoms with Gasteiger partial charge in [0, 0.05) is 16.1 Å². The van der Waals surface area contributed by atoms with E-state index in [1.165, 1.54) is 12.1 Å². The number of ketones is 1. The summed E-state index contributed by atoms with van der Waals surface area (Å²) in [4.78, 5) is 12.5. The Bertz CT molecular complexity index is 617. The Labute approximate surface area is 127 Å². The molecule has 1 aromatic heterocycles. The van der Waals surface area contributed by atoms with Crippen molar-refractivity contribution in [2.45, 2.75) is 19.9 Å². The molecule has 0 bridgehead atoms. The van der Waals surface area contributed by atoms with Crippen molar-refractivity contribution in [1.29, 1.82) is 0 Å². The van der Waals surface area contributed by atoms with Crippen LogP contribution >= 0.6 is 31.9 Å². The van der Waals surface area contributed by atoms with E-state index in [2.05, 4.69) is 37.0 Å². The number of hydrogen-bond donors (Lipinski definition) is 0. The van der Waals surface area contributed by atoms with Crippen LogP contribution in [0.15, 0.2) is 33.3 Å². The predicted octanol–water partition coefficient (Wildman–Crippen LogP) is 4.36. The third kappa shape index (κ3) is 2.95. The van der Waals surface area contributed by atoms with Gasteiger partial charge in [-0.25, -0.2) is 4.39 Å². The van der Waals surface area contributed by atoms with Crippen molar-refractivity contribution in [3.8, 4) is 0 Å². The van der Waals surface area contributed by atoms with Crippen molar-refractivity contribution in [3.05, 3.63) is 50.4 Å². The van der Waals surface area contributed by atoms with Gasteiger partial charge in [-0.1, -0.05) is 15.9 Å². The molecule has 0 fully saturated rings. The van der Waals surface area contributed by atoms with Crippen molar-refractivity contribution in [3.63, 3.8) is 0 Å². The zero-order valence-corrected chi connectivity index (χ0v) is 13.5. The smallest absolute Gasteiger partial charge is 0.212 e. The Hall–Kier alpha value is -1.01. The summed E-state index contributed by atoms with van der Waals surface area (Å²) in [6, 6.07) is 4.17. The molecule has 100 valence electrons. The van der Waals surface area contributed by atoms with Gasteiger partial charge in [0.2, 0.25) is 5.78 Å². The highest BCUT2D eigenvalue weighted by Gasteiger charge is 2.21. The lowest BCUT2D eigenvalue weighted by molar-refractivity contribution is 0.102. The monoisotopic (exact) mass is 388 g/mol. The Morgan fingerprint density at radius 2 is 2.00 bits per heavy atom. The van der Waals surface area contributed by atoms with Gasteiger partial charge >= 0.3 is 0 Å². The van der Waals surface area contributed by atoms with E-state index >= 15 is 0 Å². The maximum absolute atomic E-state index is 13.4. The summed E-state index contributed by atoms with van der Waals surface area (Å²) in [5.74, 6) is -0.720. The van der Waals surface area contributed by atoms with Crippen LogP contribution in [-0.2, 0) is 0 Å². The van der Waals surface area contributed by atoms with Crippen LogP contribution in [0, 0.1) is 5.82 Å². The van der Waals surface area contributed by atoms with E-state index in [9.17, 15) is 9.18 Å². The largest absolute Gasteiger partial charge is 0.287 e. The van der Waals surface area contributed by atoms with E-state index in [-0.39, 0.29) is 17.4 Å². The number of rotatable bonds is 3. The van der Waals surface area contributed by atoms with Gasteiger partial charge in [-0.2, -0.15) is 5.10 Å². The Morgan fingerprint density at radius 3 is 2.58 bits per heavy atom. The molecule has 0 radical (unpaired) electrons. The third-order valence-electron chi connectivity index (χ3n) is 2.58. The number of benzene rings is 1. The maximum atomic E-state index is 13.4. The minimum atomic E-state index is -0.454. The quantitative estimate of drug-likeness (QED) is 0.731. The van der Waals surface area contributed by atoms with Crippen molar-refractivity contribution in [2.24, 2.45) is 0 Å². The molecule has 0 amide bonds. The summed E-state index contributed by atoms with van der Waals surface area (Å²) in [6.45, 7) is 3.86. The van der Waals surface area contributed by atoms with Crippen molar-refractivity contribution in [1.82, 2.24) is 9.78 Å². The average molecular weight is 390 g/mol. The lowest BCUT2D eigenvalue weighted by atomic mass is 10.1. The highest BCUT2D eigenvalue weighted by molar-refractivity contribution is 9.10. The number of aromatic nitrogens is 2. The van der Waals surface area contributed by atoms with Crippen LogP contribution in [-0.4, -0.2) is 15.6 Å². The highest BCUT2D eigenvalue weighted by atomic mass is 79.9. The topological polar surface area (TPSA) is 34.9 Å². The lowest BCUT2D eigenvalue weighted by Crippen LogP contribution is -2.14. The molecule has 2 rings (SSSR count). The van der Waals surface area contributed by atoms with Crippen molar-refractivity contribution in [2.75, 3.05) is 0 Å². The Morgan fingerprint density at radius 1 is 1.32 bits per heavy atom.